The van der Waals surface area contributed by atoms with Crippen molar-refractivity contribution in [2.24, 2.45) is 0 Å². The van der Waals surface area contributed by atoms with Gasteiger partial charge in [-0.3, -0.25) is 9.69 Å². The molecule has 86 valence electrons. The second-order valence-electron chi connectivity index (χ2n) is 3.48. The average Bonchev–Trinajstić information content (AvgIpc) is 2.16. The van der Waals surface area contributed by atoms with E-state index in [1.807, 2.05) is 18.2 Å². The molecule has 0 fully saturated rings. The summed E-state index contributed by atoms with van der Waals surface area (Å²) < 4.78 is 0. The van der Waals surface area contributed by atoms with E-state index in [0.717, 1.165) is 5.56 Å². The number of carbonyl (C=O) groups is 1. The molecule has 0 heterocycles. The predicted molar refractivity (Wildman–Crippen MR) is 64.6 cm³/mol. The lowest BCUT2D eigenvalue weighted by molar-refractivity contribution is -0.138. The number of hydrogen-bond acceptors (Lipinski definition) is 2. The van der Waals surface area contributed by atoms with Gasteiger partial charge in [-0.05, 0) is 17.7 Å². The Morgan fingerprint density at radius 3 is 2.88 bits per heavy atom. The second-order valence-corrected chi connectivity index (χ2v) is 3.92. The van der Waals surface area contributed by atoms with E-state index in [0.29, 0.717) is 18.1 Å². The summed E-state index contributed by atoms with van der Waals surface area (Å²) in [6.07, 6.45) is 1.69. The SMILES string of the molecule is C=CCN(CC(=O)O)Cc1cccc(Cl)c1. The average molecular weight is 240 g/mol. The lowest BCUT2D eigenvalue weighted by Crippen LogP contribution is -2.29. The molecule has 0 spiro atoms. The first kappa shape index (κ1) is 12.7. The number of nitrogens with zero attached hydrogens (tertiary/aromatic N) is 1. The van der Waals surface area contributed by atoms with Crippen LogP contribution in [0.3, 0.4) is 0 Å². The first-order valence-electron chi connectivity index (χ1n) is 4.91. The van der Waals surface area contributed by atoms with E-state index >= 15 is 0 Å². The van der Waals surface area contributed by atoms with Gasteiger partial charge < -0.3 is 5.11 Å². The summed E-state index contributed by atoms with van der Waals surface area (Å²) in [6, 6.07) is 7.40. The molecule has 0 saturated heterocycles. The zero-order chi connectivity index (χ0) is 12.0. The van der Waals surface area contributed by atoms with Crippen LogP contribution in [0.4, 0.5) is 0 Å². The van der Waals surface area contributed by atoms with E-state index in [-0.39, 0.29) is 6.54 Å². The molecule has 0 radical (unpaired) electrons. The summed E-state index contributed by atoms with van der Waals surface area (Å²) in [7, 11) is 0. The van der Waals surface area contributed by atoms with Gasteiger partial charge in [0.15, 0.2) is 0 Å². The number of carboxylic acids is 1. The van der Waals surface area contributed by atoms with Crippen molar-refractivity contribution in [3.8, 4) is 0 Å². The molecule has 0 aromatic heterocycles. The van der Waals surface area contributed by atoms with Crippen LogP contribution in [0.25, 0.3) is 0 Å². The normalized spacial score (nSPS) is 10.4. The van der Waals surface area contributed by atoms with Gasteiger partial charge in [0.05, 0.1) is 6.54 Å². The van der Waals surface area contributed by atoms with Crippen LogP contribution in [-0.4, -0.2) is 29.1 Å². The lowest BCUT2D eigenvalue weighted by atomic mass is 10.2. The fourth-order valence-electron chi connectivity index (χ4n) is 1.45. The van der Waals surface area contributed by atoms with Gasteiger partial charge in [-0.15, -0.1) is 6.58 Å². The predicted octanol–water partition coefficient (Wildman–Crippen LogP) is 2.41. The second kappa shape index (κ2) is 6.30. The highest BCUT2D eigenvalue weighted by molar-refractivity contribution is 6.30. The largest absolute Gasteiger partial charge is 0.480 e. The summed E-state index contributed by atoms with van der Waals surface area (Å²) in [4.78, 5) is 12.4. The highest BCUT2D eigenvalue weighted by Gasteiger charge is 2.08. The van der Waals surface area contributed by atoms with Crippen molar-refractivity contribution in [3.05, 3.63) is 47.5 Å². The number of aliphatic carboxylic acids is 1. The maximum atomic E-state index is 10.6. The monoisotopic (exact) mass is 239 g/mol. The fourth-order valence-corrected chi connectivity index (χ4v) is 1.67. The number of halogens is 1. The Hall–Kier alpha value is -1.32. The molecule has 1 N–H and O–H groups in total. The third kappa shape index (κ3) is 4.47. The summed E-state index contributed by atoms with van der Waals surface area (Å²) in [5, 5.41) is 9.40. The Bertz CT molecular complexity index is 379. The molecule has 4 heteroatoms. The Balaban J connectivity index is 2.66. The molecule has 0 aliphatic heterocycles. The molecule has 1 rings (SSSR count). The quantitative estimate of drug-likeness (QED) is 0.775. The van der Waals surface area contributed by atoms with E-state index in [1.165, 1.54) is 0 Å². The fraction of sp³-hybridized carbons (Fsp3) is 0.250. The maximum absolute atomic E-state index is 10.6. The standard InChI is InChI=1S/C12H14ClNO2/c1-2-6-14(9-12(15)16)8-10-4-3-5-11(13)7-10/h2-5,7H,1,6,8-9H2,(H,15,16). The van der Waals surface area contributed by atoms with Crippen molar-refractivity contribution >= 4 is 17.6 Å². The van der Waals surface area contributed by atoms with Crippen molar-refractivity contribution in [1.29, 1.82) is 0 Å². The smallest absolute Gasteiger partial charge is 0.317 e. The van der Waals surface area contributed by atoms with Gasteiger partial charge in [0.2, 0.25) is 0 Å². The van der Waals surface area contributed by atoms with Gasteiger partial charge in [0, 0.05) is 18.1 Å². The molecule has 1 aromatic carbocycles. The van der Waals surface area contributed by atoms with E-state index in [1.54, 1.807) is 17.0 Å². The Labute approximate surface area is 100.0 Å². The van der Waals surface area contributed by atoms with Crippen LogP contribution in [0.15, 0.2) is 36.9 Å². The van der Waals surface area contributed by atoms with Crippen LogP contribution < -0.4 is 0 Å². The van der Waals surface area contributed by atoms with Gasteiger partial charge >= 0.3 is 5.97 Å². The molecule has 0 aliphatic carbocycles. The topological polar surface area (TPSA) is 40.5 Å². The summed E-state index contributed by atoms with van der Waals surface area (Å²) >= 11 is 5.86. The molecule has 0 bridgehead atoms. The number of carboxylic acid groups (broad SMARTS) is 1. The van der Waals surface area contributed by atoms with Crippen molar-refractivity contribution in [3.63, 3.8) is 0 Å². The van der Waals surface area contributed by atoms with Crippen LogP contribution >= 0.6 is 11.6 Å². The van der Waals surface area contributed by atoms with E-state index in [2.05, 4.69) is 6.58 Å². The van der Waals surface area contributed by atoms with Crippen LogP contribution in [0.5, 0.6) is 0 Å². The molecule has 0 atom stereocenters. The third-order valence-electron chi connectivity index (χ3n) is 2.04. The minimum atomic E-state index is -0.844. The van der Waals surface area contributed by atoms with Crippen molar-refractivity contribution in [1.82, 2.24) is 4.90 Å². The minimum Gasteiger partial charge on any atom is -0.480 e. The molecule has 0 aliphatic rings. The number of benzene rings is 1. The molecule has 0 saturated carbocycles. The van der Waals surface area contributed by atoms with E-state index in [4.69, 9.17) is 16.7 Å². The third-order valence-corrected chi connectivity index (χ3v) is 2.28. The number of rotatable bonds is 6. The van der Waals surface area contributed by atoms with Crippen LogP contribution in [0.2, 0.25) is 5.02 Å². The van der Waals surface area contributed by atoms with Gasteiger partial charge in [-0.2, -0.15) is 0 Å². The molecule has 1 aromatic rings. The van der Waals surface area contributed by atoms with Gasteiger partial charge in [0.25, 0.3) is 0 Å². The van der Waals surface area contributed by atoms with Crippen LogP contribution in [0.1, 0.15) is 5.56 Å². The van der Waals surface area contributed by atoms with Gasteiger partial charge in [-0.25, -0.2) is 0 Å². The summed E-state index contributed by atoms with van der Waals surface area (Å²) in [6.45, 7) is 4.70. The van der Waals surface area contributed by atoms with Crippen molar-refractivity contribution < 1.29 is 9.90 Å². The summed E-state index contributed by atoms with van der Waals surface area (Å²) in [5.41, 5.74) is 0.996. The highest BCUT2D eigenvalue weighted by Crippen LogP contribution is 2.12. The molecular formula is C12H14ClNO2. The molecule has 0 unspecified atom stereocenters. The van der Waals surface area contributed by atoms with Crippen molar-refractivity contribution in [2.75, 3.05) is 13.1 Å². The van der Waals surface area contributed by atoms with E-state index in [9.17, 15) is 4.79 Å². The van der Waals surface area contributed by atoms with Gasteiger partial charge in [0.1, 0.15) is 0 Å². The Kier molecular flexibility index (Phi) is 5.02. The van der Waals surface area contributed by atoms with Crippen LogP contribution in [-0.2, 0) is 11.3 Å². The molecular weight excluding hydrogens is 226 g/mol. The Morgan fingerprint density at radius 2 is 2.31 bits per heavy atom. The maximum Gasteiger partial charge on any atom is 0.317 e. The molecule has 16 heavy (non-hydrogen) atoms. The zero-order valence-electron chi connectivity index (χ0n) is 8.90. The first-order chi connectivity index (χ1) is 7.61. The zero-order valence-corrected chi connectivity index (χ0v) is 9.65. The van der Waals surface area contributed by atoms with Crippen LogP contribution in [0, 0.1) is 0 Å². The summed E-state index contributed by atoms with van der Waals surface area (Å²) in [5.74, 6) is -0.844. The van der Waals surface area contributed by atoms with Gasteiger partial charge in [-0.1, -0.05) is 29.8 Å². The lowest BCUT2D eigenvalue weighted by Gasteiger charge is -2.18. The minimum absolute atomic E-state index is 0.00146. The molecule has 0 amide bonds. The van der Waals surface area contributed by atoms with Crippen molar-refractivity contribution in [2.45, 2.75) is 6.54 Å². The number of hydrogen-bond donors (Lipinski definition) is 1. The molecule has 3 nitrogen and oxygen atoms in total. The highest BCUT2D eigenvalue weighted by atomic mass is 35.5. The van der Waals surface area contributed by atoms with E-state index < -0.39 is 5.97 Å². The Morgan fingerprint density at radius 1 is 1.56 bits per heavy atom. The first-order valence-corrected chi connectivity index (χ1v) is 5.29.